The van der Waals surface area contributed by atoms with Gasteiger partial charge in [-0.3, -0.25) is 0 Å². The van der Waals surface area contributed by atoms with Gasteiger partial charge >= 0.3 is 0 Å². The molecule has 228 valence electrons. The van der Waals surface area contributed by atoms with E-state index in [0.29, 0.717) is 17.5 Å². The maximum absolute atomic E-state index is 5.17. The highest BCUT2D eigenvalue weighted by atomic mass is 15.0. The number of aromatic nitrogens is 5. The van der Waals surface area contributed by atoms with Gasteiger partial charge in [-0.05, 0) is 45.8 Å². The van der Waals surface area contributed by atoms with E-state index in [4.69, 9.17) is 19.9 Å². The Labute approximate surface area is 281 Å². The van der Waals surface area contributed by atoms with Crippen LogP contribution in [-0.4, -0.2) is 24.3 Å². The molecule has 0 N–H and O–H groups in total. The Morgan fingerprint density at radius 1 is 0.347 bits per heavy atom. The predicted octanol–water partition coefficient (Wildman–Crippen LogP) is 10.8. The molecule has 5 nitrogen and oxygen atoms in total. The van der Waals surface area contributed by atoms with Crippen molar-refractivity contribution in [3.63, 3.8) is 0 Å². The van der Waals surface area contributed by atoms with E-state index >= 15 is 0 Å². The van der Waals surface area contributed by atoms with Crippen LogP contribution in [0.3, 0.4) is 0 Å². The number of nitrogens with zero attached hydrogens (tertiary/aromatic N) is 5. The molecule has 7 aromatic carbocycles. The van der Waals surface area contributed by atoms with Gasteiger partial charge in [-0.1, -0.05) is 140 Å². The quantitative estimate of drug-likeness (QED) is 0.195. The first-order chi connectivity index (χ1) is 24.3. The lowest BCUT2D eigenvalue weighted by atomic mass is 10.0. The molecule has 0 bridgehead atoms. The molecule has 0 spiro atoms. The van der Waals surface area contributed by atoms with Gasteiger partial charge in [0.2, 0.25) is 0 Å². The largest absolute Gasteiger partial charge is 0.306 e. The SMILES string of the molecule is c1ccc2c(-c3nc(-c4ccc(-c5nc6ccccc6n6c5cc5ccccc56)cc4)nc(-c4cccc5ccccc45)n3)cccc2c1. The lowest BCUT2D eigenvalue weighted by Gasteiger charge is -2.12. The van der Waals surface area contributed by atoms with Crippen molar-refractivity contribution in [2.24, 2.45) is 0 Å². The summed E-state index contributed by atoms with van der Waals surface area (Å²) in [5, 5.41) is 5.68. The normalized spacial score (nSPS) is 11.7. The van der Waals surface area contributed by atoms with Gasteiger partial charge in [-0.25, -0.2) is 19.9 Å². The number of rotatable bonds is 4. The molecule has 49 heavy (non-hydrogen) atoms. The highest BCUT2D eigenvalue weighted by Crippen LogP contribution is 2.35. The van der Waals surface area contributed by atoms with E-state index in [1.165, 1.54) is 10.9 Å². The molecule has 0 aliphatic carbocycles. The second-order valence-corrected chi connectivity index (χ2v) is 12.3. The van der Waals surface area contributed by atoms with Gasteiger partial charge < -0.3 is 4.40 Å². The van der Waals surface area contributed by atoms with Crippen molar-refractivity contribution < 1.29 is 0 Å². The first-order valence-corrected chi connectivity index (χ1v) is 16.4. The lowest BCUT2D eigenvalue weighted by Crippen LogP contribution is -2.01. The molecule has 0 saturated carbocycles. The van der Waals surface area contributed by atoms with Crippen LogP contribution in [0.2, 0.25) is 0 Å². The summed E-state index contributed by atoms with van der Waals surface area (Å²) < 4.78 is 2.32. The molecule has 0 fully saturated rings. The molecule has 3 aromatic heterocycles. The number of hydrogen-bond donors (Lipinski definition) is 0. The van der Waals surface area contributed by atoms with Gasteiger partial charge in [0.1, 0.15) is 0 Å². The molecule has 5 heteroatoms. The van der Waals surface area contributed by atoms with Crippen LogP contribution in [0, 0.1) is 0 Å². The fourth-order valence-corrected chi connectivity index (χ4v) is 7.09. The van der Waals surface area contributed by atoms with E-state index in [1.54, 1.807) is 0 Å². The zero-order chi connectivity index (χ0) is 32.3. The van der Waals surface area contributed by atoms with Crippen LogP contribution >= 0.6 is 0 Å². The van der Waals surface area contributed by atoms with Gasteiger partial charge in [0.15, 0.2) is 17.5 Å². The van der Waals surface area contributed by atoms with Crippen LogP contribution in [-0.2, 0) is 0 Å². The highest BCUT2D eigenvalue weighted by molar-refractivity contribution is 6.00. The van der Waals surface area contributed by atoms with Crippen molar-refractivity contribution >= 4 is 49.0 Å². The highest BCUT2D eigenvalue weighted by Gasteiger charge is 2.17. The van der Waals surface area contributed by atoms with Gasteiger partial charge in [-0.2, -0.15) is 0 Å². The number of fused-ring (bicyclic) bond motifs is 7. The Kier molecular flexibility index (Phi) is 6.11. The predicted molar refractivity (Wildman–Crippen MR) is 200 cm³/mol. The Hall–Kier alpha value is -6.72. The molecule has 0 aliphatic rings. The van der Waals surface area contributed by atoms with Crippen molar-refractivity contribution in [1.82, 2.24) is 24.3 Å². The Morgan fingerprint density at radius 3 is 1.53 bits per heavy atom. The Bertz CT molecular complexity index is 2780. The maximum Gasteiger partial charge on any atom is 0.164 e. The fourth-order valence-electron chi connectivity index (χ4n) is 7.09. The molecule has 0 saturated heterocycles. The van der Waals surface area contributed by atoms with Crippen LogP contribution < -0.4 is 0 Å². The summed E-state index contributed by atoms with van der Waals surface area (Å²) in [7, 11) is 0. The maximum atomic E-state index is 5.17. The van der Waals surface area contributed by atoms with Crippen molar-refractivity contribution in [3.8, 4) is 45.4 Å². The van der Waals surface area contributed by atoms with Crippen molar-refractivity contribution in [1.29, 1.82) is 0 Å². The fraction of sp³-hybridized carbons (Fsp3) is 0. The van der Waals surface area contributed by atoms with Crippen LogP contribution in [0.4, 0.5) is 0 Å². The summed E-state index contributed by atoms with van der Waals surface area (Å²) in [4.78, 5) is 20.5. The molecular weight excluding hydrogens is 599 g/mol. The second kappa shape index (κ2) is 10.9. The number of para-hydroxylation sites is 3. The van der Waals surface area contributed by atoms with Crippen molar-refractivity contribution in [2.45, 2.75) is 0 Å². The van der Waals surface area contributed by atoms with Crippen LogP contribution in [0.15, 0.2) is 164 Å². The van der Waals surface area contributed by atoms with E-state index in [-0.39, 0.29) is 0 Å². The third-order valence-corrected chi connectivity index (χ3v) is 9.42. The molecule has 0 aliphatic heterocycles. The molecule has 10 aromatic rings. The van der Waals surface area contributed by atoms with E-state index < -0.39 is 0 Å². The third kappa shape index (κ3) is 4.48. The van der Waals surface area contributed by atoms with Crippen molar-refractivity contribution in [2.75, 3.05) is 0 Å². The zero-order valence-corrected chi connectivity index (χ0v) is 26.3. The third-order valence-electron chi connectivity index (χ3n) is 9.42. The topological polar surface area (TPSA) is 56.0 Å². The lowest BCUT2D eigenvalue weighted by molar-refractivity contribution is 1.08. The van der Waals surface area contributed by atoms with Crippen LogP contribution in [0.25, 0.3) is 94.4 Å². The minimum atomic E-state index is 0.623. The summed E-state index contributed by atoms with van der Waals surface area (Å²) >= 11 is 0. The first kappa shape index (κ1) is 27.4. The summed E-state index contributed by atoms with van der Waals surface area (Å²) in [5.41, 5.74) is 9.10. The summed E-state index contributed by atoms with van der Waals surface area (Å²) in [6.07, 6.45) is 0. The zero-order valence-electron chi connectivity index (χ0n) is 26.3. The summed E-state index contributed by atoms with van der Waals surface area (Å²) in [5.74, 6) is 1.91. The number of hydrogen-bond acceptors (Lipinski definition) is 4. The first-order valence-electron chi connectivity index (χ1n) is 16.4. The monoisotopic (exact) mass is 625 g/mol. The van der Waals surface area contributed by atoms with E-state index in [2.05, 4.69) is 162 Å². The van der Waals surface area contributed by atoms with Gasteiger partial charge in [0.05, 0.1) is 27.8 Å². The second-order valence-electron chi connectivity index (χ2n) is 12.3. The minimum absolute atomic E-state index is 0.623. The molecular formula is C44H27N5. The Balaban J connectivity index is 1.16. The summed E-state index contributed by atoms with van der Waals surface area (Å²) in [6.45, 7) is 0. The number of benzene rings is 7. The molecule has 0 atom stereocenters. The average molecular weight is 626 g/mol. The van der Waals surface area contributed by atoms with Crippen molar-refractivity contribution in [3.05, 3.63) is 164 Å². The molecule has 3 heterocycles. The molecule has 10 rings (SSSR count). The smallest absolute Gasteiger partial charge is 0.164 e. The van der Waals surface area contributed by atoms with Crippen LogP contribution in [0.1, 0.15) is 0 Å². The van der Waals surface area contributed by atoms with Crippen LogP contribution in [0.5, 0.6) is 0 Å². The van der Waals surface area contributed by atoms with E-state index in [9.17, 15) is 0 Å². The van der Waals surface area contributed by atoms with E-state index in [1.807, 2.05) is 6.07 Å². The average Bonchev–Trinajstić information content (AvgIpc) is 3.57. The van der Waals surface area contributed by atoms with Gasteiger partial charge in [-0.15, -0.1) is 0 Å². The molecule has 0 amide bonds. The molecule has 0 unspecified atom stereocenters. The summed E-state index contributed by atoms with van der Waals surface area (Å²) in [6, 6.07) is 56.8. The standard InChI is InChI=1S/C44H27N5/c1-4-16-33-28(11-1)14-9-18-35(33)43-46-42(47-44(48-43)36-19-10-15-29-12-2-5-17-34(29)36)31-25-23-30(24-26-31)41-40-27-32-13-3-7-21-38(32)49(40)39-22-8-6-20-37(39)45-41/h1-27H. The van der Waals surface area contributed by atoms with Gasteiger partial charge in [0.25, 0.3) is 0 Å². The minimum Gasteiger partial charge on any atom is -0.306 e. The Morgan fingerprint density at radius 2 is 0.857 bits per heavy atom. The molecule has 0 radical (unpaired) electrons. The van der Waals surface area contributed by atoms with E-state index in [0.717, 1.165) is 66.0 Å². The van der Waals surface area contributed by atoms with Gasteiger partial charge in [0, 0.05) is 27.6 Å².